The van der Waals surface area contributed by atoms with Crippen molar-refractivity contribution in [2.45, 2.75) is 18.9 Å². The second-order valence-electron chi connectivity index (χ2n) is 4.19. The Hall–Kier alpha value is -1.36. The van der Waals surface area contributed by atoms with Gasteiger partial charge in [0.2, 0.25) is 5.95 Å². The van der Waals surface area contributed by atoms with Gasteiger partial charge < -0.3 is 15.0 Å². The van der Waals surface area contributed by atoms with E-state index in [9.17, 15) is 0 Å². The zero-order valence-electron chi connectivity index (χ0n) is 9.81. The van der Waals surface area contributed by atoms with Crippen LogP contribution in [0.5, 0.6) is 5.75 Å². The van der Waals surface area contributed by atoms with Gasteiger partial charge in [-0.25, -0.2) is 9.97 Å². The van der Waals surface area contributed by atoms with Crippen LogP contribution in [0.1, 0.15) is 12.8 Å². The Kier molecular flexibility index (Phi) is 3.56. The fourth-order valence-corrected chi connectivity index (χ4v) is 1.96. The van der Waals surface area contributed by atoms with Gasteiger partial charge >= 0.3 is 0 Å². The van der Waals surface area contributed by atoms with Crippen molar-refractivity contribution in [1.29, 1.82) is 0 Å². The molecule has 0 saturated carbocycles. The number of piperidine rings is 1. The lowest BCUT2D eigenvalue weighted by Crippen LogP contribution is -2.40. The highest BCUT2D eigenvalue weighted by molar-refractivity contribution is 5.28. The van der Waals surface area contributed by atoms with Crippen LogP contribution in [-0.4, -0.2) is 48.2 Å². The number of rotatable bonds is 3. The fourth-order valence-electron chi connectivity index (χ4n) is 1.96. The third kappa shape index (κ3) is 2.82. The van der Waals surface area contributed by atoms with Crippen molar-refractivity contribution >= 4 is 5.95 Å². The highest BCUT2D eigenvalue weighted by atomic mass is 16.5. The predicted octanol–water partition coefficient (Wildman–Crippen LogP) is 0.991. The van der Waals surface area contributed by atoms with E-state index in [-0.39, 0.29) is 0 Å². The topological polar surface area (TPSA) is 50.3 Å². The third-order valence-corrected chi connectivity index (χ3v) is 2.82. The molecule has 88 valence electrons. The molecular formula is C11H18N4O. The van der Waals surface area contributed by atoms with Gasteiger partial charge in [0.05, 0.1) is 19.5 Å². The number of ether oxygens (including phenoxy) is 1. The predicted molar refractivity (Wildman–Crippen MR) is 62.7 cm³/mol. The summed E-state index contributed by atoms with van der Waals surface area (Å²) in [5, 5.41) is 3.34. The summed E-state index contributed by atoms with van der Waals surface area (Å²) in [6, 6.07) is 0.451. The first-order valence-corrected chi connectivity index (χ1v) is 5.59. The number of methoxy groups -OCH3 is 1. The van der Waals surface area contributed by atoms with Crippen LogP contribution in [0.15, 0.2) is 12.4 Å². The number of aromatic nitrogens is 2. The molecular weight excluding hydrogens is 204 g/mol. The lowest BCUT2D eigenvalue weighted by Gasteiger charge is -2.30. The largest absolute Gasteiger partial charge is 0.494 e. The van der Waals surface area contributed by atoms with Crippen LogP contribution in [0.25, 0.3) is 0 Å². The molecule has 1 fully saturated rings. The van der Waals surface area contributed by atoms with E-state index in [2.05, 4.69) is 27.2 Å². The van der Waals surface area contributed by atoms with Crippen molar-refractivity contribution in [3.05, 3.63) is 12.4 Å². The van der Waals surface area contributed by atoms with E-state index in [1.165, 1.54) is 19.4 Å². The van der Waals surface area contributed by atoms with Crippen molar-refractivity contribution in [3.8, 4) is 5.75 Å². The SMILES string of the molecule is COc1cnc(NC2CCCN(C)C2)nc1. The van der Waals surface area contributed by atoms with Crippen LogP contribution in [0.3, 0.4) is 0 Å². The zero-order valence-corrected chi connectivity index (χ0v) is 9.81. The van der Waals surface area contributed by atoms with E-state index in [0.29, 0.717) is 17.7 Å². The van der Waals surface area contributed by atoms with Crippen molar-refractivity contribution in [2.24, 2.45) is 0 Å². The first kappa shape index (κ1) is 11.1. The fraction of sp³-hybridized carbons (Fsp3) is 0.636. The van der Waals surface area contributed by atoms with E-state index in [0.717, 1.165) is 6.54 Å². The minimum Gasteiger partial charge on any atom is -0.494 e. The van der Waals surface area contributed by atoms with Crippen molar-refractivity contribution in [1.82, 2.24) is 14.9 Å². The van der Waals surface area contributed by atoms with Gasteiger partial charge in [-0.05, 0) is 26.4 Å². The quantitative estimate of drug-likeness (QED) is 0.826. The molecule has 0 bridgehead atoms. The zero-order chi connectivity index (χ0) is 11.4. The van der Waals surface area contributed by atoms with Crippen molar-refractivity contribution in [2.75, 3.05) is 32.6 Å². The molecule has 1 atom stereocenters. The van der Waals surface area contributed by atoms with Gasteiger partial charge in [0.25, 0.3) is 0 Å². The first-order chi connectivity index (χ1) is 7.78. The number of likely N-dealkylation sites (tertiary alicyclic amines) is 1. The molecule has 0 aromatic carbocycles. The first-order valence-electron chi connectivity index (χ1n) is 5.59. The molecule has 1 aliphatic heterocycles. The van der Waals surface area contributed by atoms with E-state index < -0.39 is 0 Å². The van der Waals surface area contributed by atoms with Crippen molar-refractivity contribution < 1.29 is 4.74 Å². The summed E-state index contributed by atoms with van der Waals surface area (Å²) in [5.74, 6) is 1.37. The Morgan fingerprint density at radius 1 is 1.44 bits per heavy atom. The maximum atomic E-state index is 5.02. The summed E-state index contributed by atoms with van der Waals surface area (Å²) in [7, 11) is 3.75. The van der Waals surface area contributed by atoms with E-state index in [1.807, 2.05) is 0 Å². The van der Waals surface area contributed by atoms with Gasteiger partial charge in [-0.15, -0.1) is 0 Å². The molecule has 1 aromatic rings. The maximum absolute atomic E-state index is 5.02. The number of nitrogens with zero attached hydrogens (tertiary/aromatic N) is 3. The van der Waals surface area contributed by atoms with Crippen LogP contribution in [0.2, 0.25) is 0 Å². The maximum Gasteiger partial charge on any atom is 0.223 e. The summed E-state index contributed by atoms with van der Waals surface area (Å²) in [6.07, 6.45) is 5.77. The van der Waals surface area contributed by atoms with E-state index >= 15 is 0 Å². The van der Waals surface area contributed by atoms with E-state index in [1.54, 1.807) is 19.5 Å². The van der Waals surface area contributed by atoms with Gasteiger partial charge in [-0.3, -0.25) is 0 Å². The number of anilines is 1. The van der Waals surface area contributed by atoms with Gasteiger partial charge in [0, 0.05) is 12.6 Å². The summed E-state index contributed by atoms with van der Waals surface area (Å²) in [5.41, 5.74) is 0. The molecule has 0 amide bonds. The minimum atomic E-state index is 0.451. The molecule has 2 rings (SSSR count). The second-order valence-corrected chi connectivity index (χ2v) is 4.19. The molecule has 0 spiro atoms. The van der Waals surface area contributed by atoms with Crippen LogP contribution < -0.4 is 10.1 Å². The smallest absolute Gasteiger partial charge is 0.223 e. The van der Waals surface area contributed by atoms with E-state index in [4.69, 9.17) is 4.74 Å². The lowest BCUT2D eigenvalue weighted by molar-refractivity contribution is 0.260. The Morgan fingerprint density at radius 3 is 2.81 bits per heavy atom. The molecule has 2 heterocycles. The average molecular weight is 222 g/mol. The summed E-state index contributed by atoms with van der Waals surface area (Å²) >= 11 is 0. The van der Waals surface area contributed by atoms with Crippen LogP contribution in [0, 0.1) is 0 Å². The Balaban J connectivity index is 1.92. The molecule has 16 heavy (non-hydrogen) atoms. The molecule has 5 heteroatoms. The van der Waals surface area contributed by atoms with Gasteiger partial charge in [0.1, 0.15) is 0 Å². The standard InChI is InChI=1S/C11H18N4O/c1-15-5-3-4-9(8-15)14-11-12-6-10(16-2)7-13-11/h6-7,9H,3-5,8H2,1-2H3,(H,12,13,14). The highest BCUT2D eigenvalue weighted by Crippen LogP contribution is 2.13. The minimum absolute atomic E-state index is 0.451. The molecule has 1 N–H and O–H groups in total. The van der Waals surface area contributed by atoms with Crippen LogP contribution in [-0.2, 0) is 0 Å². The molecule has 0 radical (unpaired) electrons. The third-order valence-electron chi connectivity index (χ3n) is 2.82. The summed E-state index contributed by atoms with van der Waals surface area (Å²) in [4.78, 5) is 10.7. The van der Waals surface area contributed by atoms with Crippen LogP contribution in [0.4, 0.5) is 5.95 Å². The average Bonchev–Trinajstić information content (AvgIpc) is 2.30. The number of likely N-dealkylation sites (N-methyl/N-ethyl adjacent to an activating group) is 1. The summed E-state index contributed by atoms with van der Waals surface area (Å²) < 4.78 is 5.02. The Bertz CT molecular complexity index is 327. The Morgan fingerprint density at radius 2 is 2.19 bits per heavy atom. The lowest BCUT2D eigenvalue weighted by atomic mass is 10.1. The molecule has 1 unspecified atom stereocenters. The highest BCUT2D eigenvalue weighted by Gasteiger charge is 2.17. The summed E-state index contributed by atoms with van der Waals surface area (Å²) in [6.45, 7) is 2.23. The van der Waals surface area contributed by atoms with Gasteiger partial charge in [-0.1, -0.05) is 0 Å². The molecule has 5 nitrogen and oxygen atoms in total. The Labute approximate surface area is 95.8 Å². The monoisotopic (exact) mass is 222 g/mol. The number of hydrogen-bond donors (Lipinski definition) is 1. The number of hydrogen-bond acceptors (Lipinski definition) is 5. The normalized spacial score (nSPS) is 21.8. The molecule has 1 aromatic heterocycles. The van der Waals surface area contributed by atoms with Crippen molar-refractivity contribution in [3.63, 3.8) is 0 Å². The van der Waals surface area contributed by atoms with Gasteiger partial charge in [0.15, 0.2) is 5.75 Å². The van der Waals surface area contributed by atoms with Crippen LogP contribution >= 0.6 is 0 Å². The number of nitrogens with one attached hydrogen (secondary N) is 1. The molecule has 1 aliphatic rings. The second kappa shape index (κ2) is 5.12. The van der Waals surface area contributed by atoms with Gasteiger partial charge in [-0.2, -0.15) is 0 Å². The molecule has 1 saturated heterocycles. The molecule has 0 aliphatic carbocycles.